The normalized spacial score (nSPS) is 10.4. The van der Waals surface area contributed by atoms with Gasteiger partial charge in [0.1, 0.15) is 0 Å². The first-order chi connectivity index (χ1) is 10.6. The molecule has 0 saturated carbocycles. The van der Waals surface area contributed by atoms with Gasteiger partial charge >= 0.3 is 0 Å². The molecule has 0 fully saturated rings. The smallest absolute Gasteiger partial charge is 0.269 e. The molecular formula is C14H16N4O4. The number of non-ortho nitro benzene ring substituents is 1. The Morgan fingerprint density at radius 1 is 1.36 bits per heavy atom. The number of carbonyl (C=O) groups excluding carboxylic acids is 1. The number of aromatic nitrogens is 2. The number of rotatable bonds is 7. The van der Waals surface area contributed by atoms with Crippen molar-refractivity contribution < 1.29 is 14.2 Å². The third-order valence-corrected chi connectivity index (χ3v) is 2.96. The standard InChI is InChI=1S/C14H16N4O4/c1-2-3-8-15-13(19)9-12-16-14(22-17-12)10-4-6-11(7-5-10)18(20)21/h4-7H,2-3,8-9H2,1H3,(H,15,19). The Kier molecular flexibility index (Phi) is 5.18. The van der Waals surface area contributed by atoms with Crippen LogP contribution < -0.4 is 5.32 Å². The van der Waals surface area contributed by atoms with Gasteiger partial charge in [-0.2, -0.15) is 4.98 Å². The minimum Gasteiger partial charge on any atom is -0.356 e. The number of unbranched alkanes of at least 4 members (excludes halogenated alkanes) is 1. The zero-order chi connectivity index (χ0) is 15.9. The fourth-order valence-corrected chi connectivity index (χ4v) is 1.78. The van der Waals surface area contributed by atoms with Gasteiger partial charge in [-0.3, -0.25) is 14.9 Å². The maximum Gasteiger partial charge on any atom is 0.269 e. The Morgan fingerprint density at radius 3 is 2.73 bits per heavy atom. The number of nitro benzene ring substituents is 1. The summed E-state index contributed by atoms with van der Waals surface area (Å²) >= 11 is 0. The lowest BCUT2D eigenvalue weighted by atomic mass is 10.2. The van der Waals surface area contributed by atoms with Crippen LogP contribution in [0.1, 0.15) is 25.6 Å². The number of hydrogen-bond donors (Lipinski definition) is 1. The van der Waals surface area contributed by atoms with Crippen LogP contribution in [0.2, 0.25) is 0 Å². The second kappa shape index (κ2) is 7.30. The van der Waals surface area contributed by atoms with Crippen LogP contribution in [0.25, 0.3) is 11.5 Å². The van der Waals surface area contributed by atoms with Gasteiger partial charge in [0.25, 0.3) is 11.6 Å². The predicted molar refractivity (Wildman–Crippen MR) is 78.0 cm³/mol. The van der Waals surface area contributed by atoms with Gasteiger partial charge < -0.3 is 9.84 Å². The van der Waals surface area contributed by atoms with Gasteiger partial charge in [0.2, 0.25) is 5.91 Å². The molecule has 8 nitrogen and oxygen atoms in total. The Labute approximate surface area is 126 Å². The van der Waals surface area contributed by atoms with E-state index in [9.17, 15) is 14.9 Å². The average Bonchev–Trinajstić information content (AvgIpc) is 2.96. The Bertz CT molecular complexity index is 651. The minimum absolute atomic E-state index is 0.0150. The van der Waals surface area contributed by atoms with Crippen LogP contribution in [0.5, 0.6) is 0 Å². The molecule has 0 saturated heterocycles. The SMILES string of the molecule is CCCCNC(=O)Cc1noc(-c2ccc([N+](=O)[O-])cc2)n1. The van der Waals surface area contributed by atoms with Gasteiger partial charge in [0, 0.05) is 24.2 Å². The average molecular weight is 304 g/mol. The Hall–Kier alpha value is -2.77. The molecule has 0 aliphatic rings. The van der Waals surface area contributed by atoms with E-state index in [4.69, 9.17) is 4.52 Å². The molecule has 1 heterocycles. The molecule has 2 aromatic rings. The summed E-state index contributed by atoms with van der Waals surface area (Å²) in [6.45, 7) is 2.67. The summed E-state index contributed by atoms with van der Waals surface area (Å²) in [4.78, 5) is 25.9. The van der Waals surface area contributed by atoms with Crippen molar-refractivity contribution in [3.8, 4) is 11.5 Å². The van der Waals surface area contributed by atoms with E-state index in [0.717, 1.165) is 12.8 Å². The highest BCUT2D eigenvalue weighted by Crippen LogP contribution is 2.20. The lowest BCUT2D eigenvalue weighted by Crippen LogP contribution is -2.26. The highest BCUT2D eigenvalue weighted by atomic mass is 16.6. The zero-order valence-corrected chi connectivity index (χ0v) is 12.1. The van der Waals surface area contributed by atoms with Crippen molar-refractivity contribution in [2.75, 3.05) is 6.54 Å². The van der Waals surface area contributed by atoms with Crippen LogP contribution in [0, 0.1) is 10.1 Å². The van der Waals surface area contributed by atoms with E-state index in [1.807, 2.05) is 6.92 Å². The maximum absolute atomic E-state index is 11.6. The first-order valence-corrected chi connectivity index (χ1v) is 6.94. The molecule has 1 aromatic heterocycles. The van der Waals surface area contributed by atoms with E-state index in [2.05, 4.69) is 15.5 Å². The second-order valence-corrected chi connectivity index (χ2v) is 4.70. The number of nitrogens with zero attached hydrogens (tertiary/aromatic N) is 3. The highest BCUT2D eigenvalue weighted by molar-refractivity contribution is 5.77. The first-order valence-electron chi connectivity index (χ1n) is 6.94. The zero-order valence-electron chi connectivity index (χ0n) is 12.1. The molecule has 2 rings (SSSR count). The summed E-state index contributed by atoms with van der Waals surface area (Å²) < 4.78 is 5.07. The summed E-state index contributed by atoms with van der Waals surface area (Å²) in [7, 11) is 0. The molecule has 0 aliphatic heterocycles. The molecule has 1 amide bonds. The van der Waals surface area contributed by atoms with Crippen molar-refractivity contribution in [2.45, 2.75) is 26.2 Å². The quantitative estimate of drug-likeness (QED) is 0.476. The molecule has 8 heteroatoms. The number of hydrogen-bond acceptors (Lipinski definition) is 6. The van der Waals surface area contributed by atoms with Crippen molar-refractivity contribution >= 4 is 11.6 Å². The molecule has 0 radical (unpaired) electrons. The monoisotopic (exact) mass is 304 g/mol. The molecule has 0 spiro atoms. The predicted octanol–water partition coefficient (Wildman–Crippen LogP) is 2.10. The van der Waals surface area contributed by atoms with Gasteiger partial charge in [0.05, 0.1) is 11.3 Å². The Balaban J connectivity index is 1.98. The maximum atomic E-state index is 11.6. The molecule has 0 bridgehead atoms. The fraction of sp³-hybridized carbons (Fsp3) is 0.357. The summed E-state index contributed by atoms with van der Waals surface area (Å²) in [6.07, 6.45) is 1.97. The summed E-state index contributed by atoms with van der Waals surface area (Å²) in [5.74, 6) is 0.345. The number of benzene rings is 1. The van der Waals surface area contributed by atoms with E-state index in [1.54, 1.807) is 0 Å². The fourth-order valence-electron chi connectivity index (χ4n) is 1.78. The third-order valence-electron chi connectivity index (χ3n) is 2.96. The molecule has 1 N–H and O–H groups in total. The van der Waals surface area contributed by atoms with Gasteiger partial charge in [-0.15, -0.1) is 0 Å². The number of carbonyl (C=O) groups is 1. The van der Waals surface area contributed by atoms with Gasteiger partial charge in [0.15, 0.2) is 5.82 Å². The van der Waals surface area contributed by atoms with E-state index >= 15 is 0 Å². The largest absolute Gasteiger partial charge is 0.356 e. The number of nitro groups is 1. The van der Waals surface area contributed by atoms with Crippen molar-refractivity contribution in [1.29, 1.82) is 0 Å². The van der Waals surface area contributed by atoms with E-state index in [-0.39, 0.29) is 29.7 Å². The van der Waals surface area contributed by atoms with Crippen LogP contribution in [-0.4, -0.2) is 27.5 Å². The first kappa shape index (κ1) is 15.6. The number of nitrogens with one attached hydrogen (secondary N) is 1. The summed E-state index contributed by atoms with van der Waals surface area (Å²) in [5.41, 5.74) is 0.550. The molecule has 1 aromatic carbocycles. The van der Waals surface area contributed by atoms with Crippen LogP contribution in [-0.2, 0) is 11.2 Å². The van der Waals surface area contributed by atoms with Crippen molar-refractivity contribution in [3.05, 3.63) is 40.2 Å². The van der Waals surface area contributed by atoms with Crippen molar-refractivity contribution in [2.24, 2.45) is 0 Å². The molecule has 0 atom stereocenters. The third kappa shape index (κ3) is 4.11. The van der Waals surface area contributed by atoms with Crippen molar-refractivity contribution in [1.82, 2.24) is 15.5 Å². The van der Waals surface area contributed by atoms with Gasteiger partial charge in [-0.25, -0.2) is 0 Å². The van der Waals surface area contributed by atoms with Gasteiger partial charge in [-0.05, 0) is 18.6 Å². The van der Waals surface area contributed by atoms with E-state index in [1.165, 1.54) is 24.3 Å². The van der Waals surface area contributed by atoms with Crippen LogP contribution in [0.4, 0.5) is 5.69 Å². The van der Waals surface area contributed by atoms with Gasteiger partial charge in [-0.1, -0.05) is 18.5 Å². The highest BCUT2D eigenvalue weighted by Gasteiger charge is 2.13. The topological polar surface area (TPSA) is 111 Å². The van der Waals surface area contributed by atoms with Crippen LogP contribution in [0.3, 0.4) is 0 Å². The molecular weight excluding hydrogens is 288 g/mol. The summed E-state index contributed by atoms with van der Waals surface area (Å²) in [6, 6.07) is 5.76. The second-order valence-electron chi connectivity index (χ2n) is 4.70. The van der Waals surface area contributed by atoms with E-state index < -0.39 is 4.92 Å². The van der Waals surface area contributed by atoms with Crippen LogP contribution >= 0.6 is 0 Å². The summed E-state index contributed by atoms with van der Waals surface area (Å²) in [5, 5.41) is 17.1. The lowest BCUT2D eigenvalue weighted by molar-refractivity contribution is -0.384. The number of amides is 1. The molecule has 22 heavy (non-hydrogen) atoms. The minimum atomic E-state index is -0.482. The lowest BCUT2D eigenvalue weighted by Gasteiger charge is -2.00. The molecule has 0 unspecified atom stereocenters. The van der Waals surface area contributed by atoms with E-state index in [0.29, 0.717) is 12.1 Å². The molecule has 0 aliphatic carbocycles. The molecule has 116 valence electrons. The van der Waals surface area contributed by atoms with Crippen molar-refractivity contribution in [3.63, 3.8) is 0 Å². The Morgan fingerprint density at radius 2 is 2.09 bits per heavy atom. The van der Waals surface area contributed by atoms with Crippen LogP contribution in [0.15, 0.2) is 28.8 Å².